The van der Waals surface area contributed by atoms with Crippen LogP contribution in [-0.2, 0) is 0 Å². The minimum atomic E-state index is -4.51. The minimum Gasteiger partial charge on any atom is -0.411 e. The Balaban J connectivity index is 4.40. The number of oxime groups is 1. The monoisotopic (exact) mass is 155 g/mol. The van der Waals surface area contributed by atoms with Crippen LogP contribution in [0.25, 0.3) is 0 Å². The van der Waals surface area contributed by atoms with Gasteiger partial charge in [-0.1, -0.05) is 19.0 Å². The zero-order chi connectivity index (χ0) is 8.36. The first kappa shape index (κ1) is 9.26. The smallest absolute Gasteiger partial charge is 0.411 e. The van der Waals surface area contributed by atoms with Crippen molar-refractivity contribution in [3.63, 3.8) is 0 Å². The van der Waals surface area contributed by atoms with Gasteiger partial charge in [0.25, 0.3) is 0 Å². The molecule has 0 saturated carbocycles. The van der Waals surface area contributed by atoms with E-state index in [1.807, 2.05) is 0 Å². The van der Waals surface area contributed by atoms with E-state index in [-0.39, 0.29) is 0 Å². The van der Waals surface area contributed by atoms with Crippen molar-refractivity contribution < 1.29 is 18.4 Å². The lowest BCUT2D eigenvalue weighted by Gasteiger charge is -2.10. The maximum Gasteiger partial charge on any atom is 0.432 e. The molecule has 2 nitrogen and oxygen atoms in total. The molecule has 0 spiro atoms. The van der Waals surface area contributed by atoms with Crippen molar-refractivity contribution in [1.29, 1.82) is 0 Å². The quantitative estimate of drug-likeness (QED) is 0.350. The van der Waals surface area contributed by atoms with Crippen molar-refractivity contribution in [3.05, 3.63) is 0 Å². The van der Waals surface area contributed by atoms with Crippen LogP contribution in [0.1, 0.15) is 13.8 Å². The van der Waals surface area contributed by atoms with Gasteiger partial charge in [-0.3, -0.25) is 0 Å². The molecule has 1 N–H and O–H groups in total. The van der Waals surface area contributed by atoms with Crippen LogP contribution < -0.4 is 0 Å². The summed E-state index contributed by atoms with van der Waals surface area (Å²) in [7, 11) is 0. The number of halogens is 3. The number of alkyl halides is 3. The highest BCUT2D eigenvalue weighted by atomic mass is 19.4. The maximum atomic E-state index is 11.7. The Bertz CT molecular complexity index is 138. The van der Waals surface area contributed by atoms with Gasteiger partial charge in [0.15, 0.2) is 5.71 Å². The van der Waals surface area contributed by atoms with Crippen molar-refractivity contribution >= 4 is 5.71 Å². The highest BCUT2D eigenvalue weighted by Gasteiger charge is 2.38. The van der Waals surface area contributed by atoms with Crippen molar-refractivity contribution in [2.75, 3.05) is 0 Å². The molecule has 0 bridgehead atoms. The number of hydrogen-bond donors (Lipinski definition) is 1. The van der Waals surface area contributed by atoms with Crippen molar-refractivity contribution in [1.82, 2.24) is 0 Å². The molecule has 0 amide bonds. The molecule has 0 aromatic carbocycles. The summed E-state index contributed by atoms with van der Waals surface area (Å²) in [4.78, 5) is 0. The second-order valence-electron chi connectivity index (χ2n) is 2.14. The van der Waals surface area contributed by atoms with E-state index < -0.39 is 17.8 Å². The minimum absolute atomic E-state index is 0.801. The zero-order valence-corrected chi connectivity index (χ0v) is 5.61. The largest absolute Gasteiger partial charge is 0.432 e. The fourth-order valence-corrected chi connectivity index (χ4v) is 0.499. The average molecular weight is 155 g/mol. The molecule has 0 aromatic heterocycles. The molecule has 0 saturated heterocycles. The highest BCUT2D eigenvalue weighted by Crippen LogP contribution is 2.21. The van der Waals surface area contributed by atoms with Gasteiger partial charge < -0.3 is 5.21 Å². The van der Waals surface area contributed by atoms with Crippen LogP contribution in [0, 0.1) is 5.92 Å². The second-order valence-corrected chi connectivity index (χ2v) is 2.14. The summed E-state index contributed by atoms with van der Waals surface area (Å²) in [5, 5.41) is 10.1. The van der Waals surface area contributed by atoms with E-state index in [1.54, 1.807) is 0 Å². The Morgan fingerprint density at radius 1 is 1.40 bits per heavy atom. The Morgan fingerprint density at radius 3 is 1.80 bits per heavy atom. The molecule has 0 rings (SSSR count). The number of hydrogen-bond acceptors (Lipinski definition) is 2. The number of nitrogens with zero attached hydrogens (tertiary/aromatic N) is 1. The van der Waals surface area contributed by atoms with Crippen LogP contribution in [0.15, 0.2) is 5.16 Å². The van der Waals surface area contributed by atoms with Gasteiger partial charge in [-0.2, -0.15) is 13.2 Å². The van der Waals surface area contributed by atoms with E-state index >= 15 is 0 Å². The highest BCUT2D eigenvalue weighted by molar-refractivity contribution is 5.90. The first-order chi connectivity index (χ1) is 4.39. The molecule has 10 heavy (non-hydrogen) atoms. The Kier molecular flexibility index (Phi) is 2.68. The molecule has 0 aliphatic heterocycles. The van der Waals surface area contributed by atoms with Crippen molar-refractivity contribution in [2.24, 2.45) is 11.1 Å². The van der Waals surface area contributed by atoms with E-state index in [0.717, 1.165) is 0 Å². The lowest BCUT2D eigenvalue weighted by Crippen LogP contribution is -2.27. The van der Waals surface area contributed by atoms with E-state index in [4.69, 9.17) is 5.21 Å². The molecule has 0 unspecified atom stereocenters. The van der Waals surface area contributed by atoms with Gasteiger partial charge in [0, 0.05) is 5.92 Å². The molecule has 60 valence electrons. The summed E-state index contributed by atoms with van der Waals surface area (Å²) in [5.74, 6) is -0.801. The van der Waals surface area contributed by atoms with Gasteiger partial charge in [-0.05, 0) is 0 Å². The average Bonchev–Trinajstić information content (AvgIpc) is 1.60. The molecule has 0 aliphatic carbocycles. The SMILES string of the molecule is CC(C)C(=NO)C(F)(F)F. The summed E-state index contributed by atoms with van der Waals surface area (Å²) in [5.41, 5.74) is -1.15. The predicted octanol–water partition coefficient (Wildman–Crippen LogP) is 2.03. The Labute approximate surface area is 56.3 Å². The number of rotatable bonds is 1. The molecular weight excluding hydrogens is 147 g/mol. The Morgan fingerprint density at radius 2 is 1.80 bits per heavy atom. The predicted molar refractivity (Wildman–Crippen MR) is 30.1 cm³/mol. The fourth-order valence-electron chi connectivity index (χ4n) is 0.499. The first-order valence-corrected chi connectivity index (χ1v) is 2.68. The van der Waals surface area contributed by atoms with Gasteiger partial charge in [0.05, 0.1) is 0 Å². The van der Waals surface area contributed by atoms with E-state index in [0.29, 0.717) is 0 Å². The van der Waals surface area contributed by atoms with Gasteiger partial charge in [0.2, 0.25) is 0 Å². The lowest BCUT2D eigenvalue weighted by atomic mass is 10.1. The third-order valence-electron chi connectivity index (χ3n) is 0.945. The summed E-state index contributed by atoms with van der Waals surface area (Å²) in [6.45, 7) is 2.62. The summed E-state index contributed by atoms with van der Waals surface area (Å²) >= 11 is 0. The van der Waals surface area contributed by atoms with E-state index in [9.17, 15) is 13.2 Å². The molecule has 0 fully saturated rings. The van der Waals surface area contributed by atoms with Crippen LogP contribution in [0.3, 0.4) is 0 Å². The standard InChI is InChI=1S/C5H8F3NO/c1-3(2)4(9-10)5(6,7)8/h3,10H,1-2H3. The molecule has 0 radical (unpaired) electrons. The third-order valence-corrected chi connectivity index (χ3v) is 0.945. The second kappa shape index (κ2) is 2.90. The third kappa shape index (κ3) is 2.24. The molecule has 0 atom stereocenters. The molecule has 5 heteroatoms. The van der Waals surface area contributed by atoms with Crippen LogP contribution in [-0.4, -0.2) is 17.1 Å². The Hall–Kier alpha value is -0.740. The zero-order valence-electron chi connectivity index (χ0n) is 5.61. The molecular formula is C5H8F3NO. The van der Waals surface area contributed by atoms with Gasteiger partial charge in [-0.25, -0.2) is 0 Å². The van der Waals surface area contributed by atoms with Gasteiger partial charge in [-0.15, -0.1) is 0 Å². The van der Waals surface area contributed by atoms with Crippen LogP contribution in [0.2, 0.25) is 0 Å². The van der Waals surface area contributed by atoms with Crippen LogP contribution in [0.5, 0.6) is 0 Å². The molecule has 0 aliphatic rings. The van der Waals surface area contributed by atoms with Crippen molar-refractivity contribution in [3.8, 4) is 0 Å². The van der Waals surface area contributed by atoms with Crippen LogP contribution in [0.4, 0.5) is 13.2 Å². The maximum absolute atomic E-state index is 11.7. The lowest BCUT2D eigenvalue weighted by molar-refractivity contribution is -0.0645. The van der Waals surface area contributed by atoms with Gasteiger partial charge >= 0.3 is 6.18 Å². The normalized spacial score (nSPS) is 14.4. The van der Waals surface area contributed by atoms with Crippen molar-refractivity contribution in [2.45, 2.75) is 20.0 Å². The first-order valence-electron chi connectivity index (χ1n) is 2.68. The molecule has 0 heterocycles. The van der Waals surface area contributed by atoms with Crippen LogP contribution >= 0.6 is 0 Å². The summed E-state index contributed by atoms with van der Waals surface area (Å²) < 4.78 is 35.0. The topological polar surface area (TPSA) is 32.6 Å². The van der Waals surface area contributed by atoms with E-state index in [1.165, 1.54) is 13.8 Å². The summed E-state index contributed by atoms with van der Waals surface area (Å²) in [6, 6.07) is 0. The summed E-state index contributed by atoms with van der Waals surface area (Å²) in [6.07, 6.45) is -4.51. The molecule has 0 aromatic rings. The van der Waals surface area contributed by atoms with Gasteiger partial charge in [0.1, 0.15) is 0 Å². The fraction of sp³-hybridized carbons (Fsp3) is 0.800. The van der Waals surface area contributed by atoms with E-state index in [2.05, 4.69) is 5.16 Å².